The molecule has 5 rings (SSSR count). The predicted molar refractivity (Wildman–Crippen MR) is 121 cm³/mol. The molecule has 1 saturated heterocycles. The van der Waals surface area contributed by atoms with E-state index < -0.39 is 6.10 Å². The van der Waals surface area contributed by atoms with E-state index in [-0.39, 0.29) is 18.1 Å². The molecule has 4 nitrogen and oxygen atoms in total. The van der Waals surface area contributed by atoms with Crippen molar-refractivity contribution in [2.75, 3.05) is 13.2 Å². The van der Waals surface area contributed by atoms with Gasteiger partial charge in [-0.15, -0.1) is 0 Å². The van der Waals surface area contributed by atoms with E-state index in [1.54, 1.807) is 4.90 Å². The molecule has 0 radical (unpaired) electrons. The molecule has 1 heterocycles. The van der Waals surface area contributed by atoms with Gasteiger partial charge in [-0.1, -0.05) is 78.9 Å². The standard InChI is InChI=1S/C27H27NO3/c29-26(19-9-2-1-3-10-19)17-20-11-8-16-28(20)27(30)31-18-25-23-14-6-4-12-21(23)22-13-5-7-15-24(22)25/h1-7,9-10,12-15,20,25-26,29H,8,11,16-18H2. The lowest BCUT2D eigenvalue weighted by Gasteiger charge is -2.27. The lowest BCUT2D eigenvalue weighted by molar-refractivity contribution is 0.0790. The Kier molecular flexibility index (Phi) is 5.47. The van der Waals surface area contributed by atoms with Gasteiger partial charge in [-0.3, -0.25) is 0 Å². The zero-order chi connectivity index (χ0) is 21.2. The van der Waals surface area contributed by atoms with Crippen LogP contribution in [0.5, 0.6) is 0 Å². The van der Waals surface area contributed by atoms with Gasteiger partial charge < -0.3 is 14.7 Å². The molecule has 2 atom stereocenters. The molecular weight excluding hydrogens is 386 g/mol. The molecule has 1 amide bonds. The second-order valence-corrected chi connectivity index (χ2v) is 8.46. The summed E-state index contributed by atoms with van der Waals surface area (Å²) in [5.74, 6) is 0.0623. The van der Waals surface area contributed by atoms with Crippen molar-refractivity contribution in [2.45, 2.75) is 37.3 Å². The summed E-state index contributed by atoms with van der Waals surface area (Å²) < 4.78 is 5.85. The number of rotatable bonds is 5. The molecule has 0 aromatic heterocycles. The SMILES string of the molecule is O=C(OCC1c2ccccc2-c2ccccc21)N1CCCC1CC(O)c1ccccc1. The highest BCUT2D eigenvalue weighted by Gasteiger charge is 2.34. The number of likely N-dealkylation sites (tertiary alicyclic amines) is 1. The van der Waals surface area contributed by atoms with Crippen LogP contribution in [0.3, 0.4) is 0 Å². The average Bonchev–Trinajstić information content (AvgIpc) is 3.41. The highest BCUT2D eigenvalue weighted by Crippen LogP contribution is 2.44. The Labute approximate surface area is 183 Å². The van der Waals surface area contributed by atoms with Gasteiger partial charge in [0.15, 0.2) is 0 Å². The van der Waals surface area contributed by atoms with Gasteiger partial charge in [0.05, 0.1) is 6.10 Å². The number of amides is 1. The number of nitrogens with zero attached hydrogens (tertiary/aromatic N) is 1. The highest BCUT2D eigenvalue weighted by atomic mass is 16.6. The third-order valence-corrected chi connectivity index (χ3v) is 6.63. The third kappa shape index (κ3) is 3.84. The maximum Gasteiger partial charge on any atom is 0.410 e. The summed E-state index contributed by atoms with van der Waals surface area (Å²) in [6.45, 7) is 1.01. The lowest BCUT2D eigenvalue weighted by atomic mass is 9.98. The molecule has 1 fully saturated rings. The molecule has 2 aliphatic rings. The normalized spacial score (nSPS) is 18.5. The van der Waals surface area contributed by atoms with Crippen LogP contribution in [0.1, 0.15) is 48.0 Å². The van der Waals surface area contributed by atoms with E-state index in [9.17, 15) is 9.90 Å². The number of benzene rings is 3. The monoisotopic (exact) mass is 413 g/mol. The Morgan fingerprint density at radius 1 is 0.935 bits per heavy atom. The van der Waals surface area contributed by atoms with E-state index in [0.717, 1.165) is 18.4 Å². The van der Waals surface area contributed by atoms with Gasteiger partial charge in [-0.2, -0.15) is 0 Å². The summed E-state index contributed by atoms with van der Waals surface area (Å²) in [5.41, 5.74) is 5.78. The van der Waals surface area contributed by atoms with Crippen LogP contribution in [-0.4, -0.2) is 35.3 Å². The minimum Gasteiger partial charge on any atom is -0.448 e. The van der Waals surface area contributed by atoms with Crippen LogP contribution in [0, 0.1) is 0 Å². The van der Waals surface area contributed by atoms with Crippen molar-refractivity contribution in [1.29, 1.82) is 0 Å². The molecular formula is C27H27NO3. The van der Waals surface area contributed by atoms with Crippen molar-refractivity contribution < 1.29 is 14.6 Å². The topological polar surface area (TPSA) is 49.8 Å². The fourth-order valence-electron chi connectivity index (χ4n) is 5.07. The fourth-order valence-corrected chi connectivity index (χ4v) is 5.07. The van der Waals surface area contributed by atoms with E-state index >= 15 is 0 Å². The van der Waals surface area contributed by atoms with Gasteiger partial charge in [0.1, 0.15) is 6.61 Å². The van der Waals surface area contributed by atoms with Gasteiger partial charge >= 0.3 is 6.09 Å². The van der Waals surface area contributed by atoms with E-state index in [2.05, 4.69) is 36.4 Å². The number of fused-ring (bicyclic) bond motifs is 3. The maximum absolute atomic E-state index is 13.0. The first kappa shape index (κ1) is 19.8. The molecule has 0 spiro atoms. The number of ether oxygens (including phenoxy) is 1. The quantitative estimate of drug-likeness (QED) is 0.599. The third-order valence-electron chi connectivity index (χ3n) is 6.63. The number of hydrogen-bond acceptors (Lipinski definition) is 3. The van der Waals surface area contributed by atoms with Gasteiger partial charge in [0.25, 0.3) is 0 Å². The van der Waals surface area contributed by atoms with Crippen molar-refractivity contribution in [3.05, 3.63) is 95.6 Å². The molecule has 3 aromatic rings. The minimum absolute atomic E-state index is 0.00542. The summed E-state index contributed by atoms with van der Waals surface area (Å²) in [6.07, 6.45) is 1.52. The lowest BCUT2D eigenvalue weighted by Crippen LogP contribution is -2.37. The van der Waals surface area contributed by atoms with Gasteiger partial charge in [-0.05, 0) is 47.1 Å². The molecule has 2 unspecified atom stereocenters. The predicted octanol–water partition coefficient (Wildman–Crippen LogP) is 5.52. The van der Waals surface area contributed by atoms with Crippen molar-refractivity contribution in [1.82, 2.24) is 4.90 Å². The van der Waals surface area contributed by atoms with Crippen LogP contribution in [-0.2, 0) is 4.74 Å². The van der Waals surface area contributed by atoms with Crippen LogP contribution < -0.4 is 0 Å². The summed E-state index contributed by atoms with van der Waals surface area (Å²) in [5, 5.41) is 10.6. The number of hydrogen-bond donors (Lipinski definition) is 1. The summed E-state index contributed by atoms with van der Waals surface area (Å²) in [7, 11) is 0. The zero-order valence-corrected chi connectivity index (χ0v) is 17.5. The Bertz CT molecular complexity index is 1020. The second-order valence-electron chi connectivity index (χ2n) is 8.46. The maximum atomic E-state index is 13.0. The second kappa shape index (κ2) is 8.56. The largest absolute Gasteiger partial charge is 0.448 e. The van der Waals surface area contributed by atoms with Crippen LogP contribution in [0.4, 0.5) is 4.79 Å². The van der Waals surface area contributed by atoms with Crippen LogP contribution in [0.15, 0.2) is 78.9 Å². The Morgan fingerprint density at radius 3 is 2.23 bits per heavy atom. The van der Waals surface area contributed by atoms with Crippen molar-refractivity contribution in [2.24, 2.45) is 0 Å². The first-order valence-corrected chi connectivity index (χ1v) is 11.1. The Hall–Kier alpha value is -3.11. The number of carbonyl (C=O) groups is 1. The van der Waals surface area contributed by atoms with Crippen molar-refractivity contribution in [3.8, 4) is 11.1 Å². The molecule has 1 aliphatic heterocycles. The smallest absolute Gasteiger partial charge is 0.410 e. The summed E-state index contributed by atoms with van der Waals surface area (Å²) in [4.78, 5) is 14.8. The molecule has 158 valence electrons. The van der Waals surface area contributed by atoms with Gasteiger partial charge in [0.2, 0.25) is 0 Å². The van der Waals surface area contributed by atoms with Gasteiger partial charge in [-0.25, -0.2) is 4.79 Å². The molecule has 1 aliphatic carbocycles. The number of carbonyl (C=O) groups excluding carboxylic acids is 1. The molecule has 4 heteroatoms. The van der Waals surface area contributed by atoms with E-state index in [4.69, 9.17) is 4.74 Å². The van der Waals surface area contributed by atoms with E-state index in [1.807, 2.05) is 42.5 Å². The first-order valence-electron chi connectivity index (χ1n) is 11.1. The summed E-state index contributed by atoms with van der Waals surface area (Å²) >= 11 is 0. The zero-order valence-electron chi connectivity index (χ0n) is 17.5. The Balaban J connectivity index is 1.26. The summed E-state index contributed by atoms with van der Waals surface area (Å²) in [6, 6.07) is 26.4. The van der Waals surface area contributed by atoms with Crippen molar-refractivity contribution >= 4 is 6.09 Å². The average molecular weight is 414 g/mol. The number of aliphatic hydroxyl groups excluding tert-OH is 1. The highest BCUT2D eigenvalue weighted by molar-refractivity contribution is 5.79. The molecule has 3 aromatic carbocycles. The Morgan fingerprint density at radius 2 is 1.55 bits per heavy atom. The van der Waals surface area contributed by atoms with Crippen LogP contribution in [0.2, 0.25) is 0 Å². The van der Waals surface area contributed by atoms with Gasteiger partial charge in [0, 0.05) is 18.5 Å². The van der Waals surface area contributed by atoms with Crippen molar-refractivity contribution in [3.63, 3.8) is 0 Å². The van der Waals surface area contributed by atoms with E-state index in [0.29, 0.717) is 19.6 Å². The number of aliphatic hydroxyl groups is 1. The first-order chi connectivity index (χ1) is 15.2. The molecule has 31 heavy (non-hydrogen) atoms. The molecule has 0 saturated carbocycles. The van der Waals surface area contributed by atoms with Crippen LogP contribution in [0.25, 0.3) is 11.1 Å². The van der Waals surface area contributed by atoms with Crippen LogP contribution >= 0.6 is 0 Å². The minimum atomic E-state index is -0.576. The van der Waals surface area contributed by atoms with E-state index in [1.165, 1.54) is 22.3 Å². The fraction of sp³-hybridized carbons (Fsp3) is 0.296. The molecule has 1 N–H and O–H groups in total. The molecule has 0 bridgehead atoms.